The second-order valence-corrected chi connectivity index (χ2v) is 26.7. The summed E-state index contributed by atoms with van der Waals surface area (Å²) in [4.78, 5) is 0. The molecule has 22 heavy (non-hydrogen) atoms. The summed E-state index contributed by atoms with van der Waals surface area (Å²) in [6, 6.07) is 4.61. The van der Waals surface area contributed by atoms with Crippen LogP contribution in [0.5, 0.6) is 0 Å². The van der Waals surface area contributed by atoms with Crippen LogP contribution in [0.25, 0.3) is 6.08 Å². The summed E-state index contributed by atoms with van der Waals surface area (Å²) in [5, 5.41) is 0. The molecule has 0 saturated heterocycles. The van der Waals surface area contributed by atoms with Gasteiger partial charge in [0.2, 0.25) is 0 Å². The normalized spacial score (nSPS) is 18.3. The minimum Gasteiger partial charge on any atom is -1.00 e. The third kappa shape index (κ3) is 3.61. The Kier molecular flexibility index (Phi) is 7.60. The van der Waals surface area contributed by atoms with Crippen molar-refractivity contribution in [2.24, 2.45) is 0 Å². The van der Waals surface area contributed by atoms with Crippen LogP contribution in [0.15, 0.2) is 42.5 Å². The molecule has 1 unspecified atom stereocenters. The van der Waals surface area contributed by atoms with Gasteiger partial charge in [-0.05, 0) is 0 Å². The maximum Gasteiger partial charge on any atom is -1.00 e. The minimum atomic E-state index is -1.49. The number of fused-ring (bicyclic) bond motifs is 1. The molecule has 0 N–H and O–H groups in total. The predicted octanol–water partition coefficient (Wildman–Crippen LogP) is -1.10. The van der Waals surface area contributed by atoms with E-state index in [4.69, 9.17) is 0 Å². The second kappa shape index (κ2) is 8.29. The minimum absolute atomic E-state index is 0. The Labute approximate surface area is 155 Å². The van der Waals surface area contributed by atoms with Gasteiger partial charge >= 0.3 is 132 Å². The van der Waals surface area contributed by atoms with Crippen LogP contribution in [-0.4, -0.2) is 5.92 Å². The summed E-state index contributed by atoms with van der Waals surface area (Å²) < 4.78 is 1.65. The Morgan fingerprint density at radius 1 is 0.909 bits per heavy atom. The van der Waals surface area contributed by atoms with Crippen molar-refractivity contribution in [3.8, 4) is 0 Å². The number of allylic oxidation sites excluding steroid dienone is 5. The molecular weight excluding hydrogens is 406 g/mol. The van der Waals surface area contributed by atoms with Crippen molar-refractivity contribution in [1.29, 1.82) is 0 Å². The van der Waals surface area contributed by atoms with Crippen LogP contribution in [0.2, 0.25) is 16.7 Å². The smallest absolute Gasteiger partial charge is 1.00 e. The molecule has 4 heteroatoms. The molecule has 0 amide bonds. The van der Waals surface area contributed by atoms with Gasteiger partial charge in [-0.15, -0.1) is 0 Å². The first-order valence-corrected chi connectivity index (χ1v) is 17.6. The van der Waals surface area contributed by atoms with Crippen LogP contribution >= 0.6 is 0 Å². The molecule has 117 valence electrons. The molecule has 1 aromatic rings. The number of halogens is 2. The van der Waals surface area contributed by atoms with E-state index in [0.717, 1.165) is 7.25 Å². The number of hydrogen-bond acceptors (Lipinski definition) is 0. The summed E-state index contributed by atoms with van der Waals surface area (Å²) in [5.74, 6) is -0.544. The van der Waals surface area contributed by atoms with E-state index in [1.807, 2.05) is 0 Å². The molecule has 0 bridgehead atoms. The maximum absolute atomic E-state index is 2.59. The van der Waals surface area contributed by atoms with Crippen LogP contribution in [0.1, 0.15) is 25.9 Å². The summed E-state index contributed by atoms with van der Waals surface area (Å²) in [6.07, 6.45) is 14.5. The number of aryl methyl sites for hydroxylation is 2. The van der Waals surface area contributed by atoms with Gasteiger partial charge in [0, 0.05) is 0 Å². The maximum atomic E-state index is 2.59. The molecule has 0 aromatic heterocycles. The largest absolute Gasteiger partial charge is 1.00 e. The van der Waals surface area contributed by atoms with Crippen LogP contribution in [-0.2, 0) is 20.9 Å². The van der Waals surface area contributed by atoms with Gasteiger partial charge in [-0.25, -0.2) is 0 Å². The third-order valence-corrected chi connectivity index (χ3v) is 26.0. The fraction of sp³-hybridized carbons (Fsp3) is 0.333. The van der Waals surface area contributed by atoms with Crippen molar-refractivity contribution in [2.45, 2.75) is 34.2 Å². The van der Waals surface area contributed by atoms with Gasteiger partial charge < -0.3 is 24.8 Å². The summed E-state index contributed by atoms with van der Waals surface area (Å²) in [6.45, 7) is 9.74. The van der Waals surface area contributed by atoms with E-state index in [-0.39, 0.29) is 24.8 Å². The molecule has 0 saturated carbocycles. The second-order valence-electron chi connectivity index (χ2n) is 6.31. The van der Waals surface area contributed by atoms with Crippen molar-refractivity contribution in [3.05, 3.63) is 64.8 Å². The van der Waals surface area contributed by atoms with Gasteiger partial charge in [0.25, 0.3) is 0 Å². The molecule has 0 aliphatic heterocycles. The Bertz CT molecular complexity index is 608. The fourth-order valence-corrected chi connectivity index (χ4v) is 24.3. The van der Waals surface area contributed by atoms with E-state index < -0.39 is 26.8 Å². The van der Waals surface area contributed by atoms with Crippen LogP contribution < -0.4 is 24.8 Å². The predicted molar refractivity (Wildman–Crippen MR) is 88.6 cm³/mol. The van der Waals surface area contributed by atoms with E-state index in [9.17, 15) is 0 Å². The van der Waals surface area contributed by atoms with Crippen molar-refractivity contribution in [2.75, 3.05) is 0 Å². The Balaban J connectivity index is 0.00000121. The Morgan fingerprint density at radius 3 is 2.09 bits per heavy atom. The zero-order valence-corrected chi connectivity index (χ0v) is 18.7. The topological polar surface area (TPSA) is 0 Å². The van der Waals surface area contributed by atoms with E-state index >= 15 is 0 Å². The van der Waals surface area contributed by atoms with Gasteiger partial charge in [-0.2, -0.15) is 0 Å². The Morgan fingerprint density at radius 2 is 1.50 bits per heavy atom. The van der Waals surface area contributed by atoms with Gasteiger partial charge in [0.1, 0.15) is 0 Å². The molecule has 2 aliphatic rings. The van der Waals surface area contributed by atoms with Crippen LogP contribution in [0.4, 0.5) is 0 Å². The average Bonchev–Trinajstić information content (AvgIpc) is 3.04. The SMILES string of the molecule is Cc1ccc(C)c2c1C=C[CH]2[Zr+2]([CH]1C=CC=C1)[SiH](C)C.[Cl-].[Cl-]. The van der Waals surface area contributed by atoms with Crippen molar-refractivity contribution >= 4 is 12.0 Å². The Hall–Kier alpha value is 0.120. The number of rotatable bonds is 3. The average molecular weight is 430 g/mol. The van der Waals surface area contributed by atoms with Crippen LogP contribution in [0.3, 0.4) is 0 Å². The molecule has 3 rings (SSSR count). The van der Waals surface area contributed by atoms with Gasteiger partial charge in [0.15, 0.2) is 0 Å². The van der Waals surface area contributed by atoms with Crippen molar-refractivity contribution in [1.82, 2.24) is 0 Å². The molecule has 0 radical (unpaired) electrons. The fourth-order valence-electron chi connectivity index (χ4n) is 3.66. The van der Waals surface area contributed by atoms with Crippen molar-refractivity contribution < 1.29 is 45.7 Å². The zero-order chi connectivity index (χ0) is 14.3. The standard InChI is InChI=1S/C11H11.C5H5.C2H7Si.2ClH.Zr/c1-8-6-7-9(2)11-5-3-4-10(8)11;1-2-4-5-3-1;1-3-2;;;/h3-7H,1-2H3;1-5H;3H,1-2H3;2*1H;/q;;;;;+2/p-2. The van der Waals surface area contributed by atoms with Crippen LogP contribution in [0, 0.1) is 13.8 Å². The zero-order valence-electron chi connectivity index (χ0n) is 13.6. The summed E-state index contributed by atoms with van der Waals surface area (Å²) >= 11 is -1.49. The molecule has 0 spiro atoms. The molecule has 1 atom stereocenters. The number of benzene rings is 1. The van der Waals surface area contributed by atoms with E-state index in [1.54, 1.807) is 5.56 Å². The molecule has 1 aromatic carbocycles. The number of hydrogen-bond donors (Lipinski definition) is 0. The first-order chi connectivity index (χ1) is 9.59. The molecule has 0 fully saturated rings. The molecule has 2 aliphatic carbocycles. The van der Waals surface area contributed by atoms with Crippen molar-refractivity contribution in [3.63, 3.8) is 0 Å². The first kappa shape index (κ1) is 20.2. The van der Waals surface area contributed by atoms with Gasteiger partial charge in [-0.3, -0.25) is 0 Å². The molecular formula is C18H23Cl2SiZr. The summed E-state index contributed by atoms with van der Waals surface area (Å²) in [5.41, 5.74) is 6.19. The van der Waals surface area contributed by atoms with E-state index in [0.29, 0.717) is 0 Å². The van der Waals surface area contributed by atoms with E-state index in [1.165, 1.54) is 16.7 Å². The van der Waals surface area contributed by atoms with Gasteiger partial charge in [0.05, 0.1) is 0 Å². The third-order valence-electron chi connectivity index (χ3n) is 4.65. The van der Waals surface area contributed by atoms with Gasteiger partial charge in [-0.1, -0.05) is 0 Å². The summed E-state index contributed by atoms with van der Waals surface area (Å²) in [7, 11) is 0. The molecule has 0 heterocycles. The first-order valence-electron chi connectivity index (χ1n) is 7.59. The molecule has 0 nitrogen and oxygen atoms in total. The monoisotopic (exact) mass is 427 g/mol. The van der Waals surface area contributed by atoms with E-state index in [2.05, 4.69) is 75.5 Å². The quantitative estimate of drug-likeness (QED) is 0.535.